The van der Waals surface area contributed by atoms with Crippen molar-refractivity contribution in [2.45, 2.75) is 6.42 Å². The minimum atomic E-state index is -0.659. The summed E-state index contributed by atoms with van der Waals surface area (Å²) in [7, 11) is 0. The van der Waals surface area contributed by atoms with Gasteiger partial charge in [0, 0.05) is 11.5 Å². The Morgan fingerprint density at radius 2 is 2.06 bits per heavy atom. The maximum Gasteiger partial charge on any atom is 0.225 e. The van der Waals surface area contributed by atoms with E-state index in [4.69, 9.17) is 10.5 Å². The fraction of sp³-hybridized carbons (Fsp3) is 0.231. The van der Waals surface area contributed by atoms with Gasteiger partial charge >= 0.3 is 0 Å². The first kappa shape index (κ1) is 11.0. The number of hydrogen-bond donors (Lipinski definition) is 0. The van der Waals surface area contributed by atoms with Crippen molar-refractivity contribution in [3.8, 4) is 12.1 Å². The zero-order chi connectivity index (χ0) is 12.4. The molecule has 0 amide bonds. The fourth-order valence-corrected chi connectivity index (χ4v) is 2.18. The molecule has 0 spiro atoms. The second-order valence-corrected chi connectivity index (χ2v) is 3.92. The molecule has 0 aromatic rings. The van der Waals surface area contributed by atoms with Crippen LogP contribution in [0.4, 0.5) is 0 Å². The van der Waals surface area contributed by atoms with Gasteiger partial charge in [-0.3, -0.25) is 9.59 Å². The Labute approximate surface area is 98.1 Å². The number of rotatable bonds is 1. The summed E-state index contributed by atoms with van der Waals surface area (Å²) in [6.07, 6.45) is 7.16. The first-order chi connectivity index (χ1) is 8.19. The van der Waals surface area contributed by atoms with E-state index in [0.717, 1.165) is 0 Å². The summed E-state index contributed by atoms with van der Waals surface area (Å²) in [6, 6.07) is 3.42. The summed E-state index contributed by atoms with van der Waals surface area (Å²) in [6.45, 7) is 0. The largest absolute Gasteiger partial charge is 0.290 e. The number of nitriles is 2. The third-order valence-electron chi connectivity index (χ3n) is 3.01. The van der Waals surface area contributed by atoms with Gasteiger partial charge in [-0.2, -0.15) is 10.5 Å². The molecule has 0 heterocycles. The molecule has 82 valence electrons. The SMILES string of the molecule is N#CC(C#N)=CC1C(=O)C(=O)C2=CC=CCC21. The Kier molecular flexibility index (Phi) is 2.72. The minimum Gasteiger partial charge on any atom is -0.290 e. The summed E-state index contributed by atoms with van der Waals surface area (Å²) in [4.78, 5) is 23.4. The van der Waals surface area contributed by atoms with Gasteiger partial charge in [0.2, 0.25) is 11.6 Å². The van der Waals surface area contributed by atoms with Crippen LogP contribution in [-0.4, -0.2) is 11.6 Å². The highest BCUT2D eigenvalue weighted by Gasteiger charge is 2.44. The van der Waals surface area contributed by atoms with E-state index in [-0.39, 0.29) is 11.5 Å². The normalized spacial score (nSPS) is 25.6. The zero-order valence-electron chi connectivity index (χ0n) is 8.88. The Morgan fingerprint density at radius 3 is 2.71 bits per heavy atom. The molecule has 0 aromatic carbocycles. The van der Waals surface area contributed by atoms with E-state index in [0.29, 0.717) is 12.0 Å². The molecule has 0 bridgehead atoms. The second-order valence-electron chi connectivity index (χ2n) is 3.92. The number of hydrogen-bond acceptors (Lipinski definition) is 4. The number of Topliss-reactive ketones (excluding diaryl/α,β-unsaturated/α-hetero) is 2. The van der Waals surface area contributed by atoms with Gasteiger partial charge in [0.05, 0.1) is 5.92 Å². The number of nitrogens with zero attached hydrogens (tertiary/aromatic N) is 2. The Balaban J connectivity index is 2.41. The maximum atomic E-state index is 11.8. The first-order valence-corrected chi connectivity index (χ1v) is 5.16. The highest BCUT2D eigenvalue weighted by Crippen LogP contribution is 2.37. The molecule has 2 unspecified atom stereocenters. The molecular formula is C13H8N2O2. The summed E-state index contributed by atoms with van der Waals surface area (Å²) < 4.78 is 0. The van der Waals surface area contributed by atoms with Gasteiger partial charge < -0.3 is 0 Å². The van der Waals surface area contributed by atoms with Crippen molar-refractivity contribution < 1.29 is 9.59 Å². The van der Waals surface area contributed by atoms with Crippen LogP contribution in [0, 0.1) is 34.5 Å². The van der Waals surface area contributed by atoms with Gasteiger partial charge in [-0.25, -0.2) is 0 Å². The van der Waals surface area contributed by atoms with Crippen molar-refractivity contribution >= 4 is 11.6 Å². The van der Waals surface area contributed by atoms with Crippen molar-refractivity contribution in [3.63, 3.8) is 0 Å². The lowest BCUT2D eigenvalue weighted by Crippen LogP contribution is -2.15. The molecule has 1 saturated carbocycles. The number of fused-ring (bicyclic) bond motifs is 1. The van der Waals surface area contributed by atoms with Gasteiger partial charge in [0.15, 0.2) is 0 Å². The highest BCUT2D eigenvalue weighted by molar-refractivity contribution is 6.47. The molecule has 2 aliphatic rings. The molecule has 2 atom stereocenters. The van der Waals surface area contributed by atoms with Crippen molar-refractivity contribution in [2.75, 3.05) is 0 Å². The smallest absolute Gasteiger partial charge is 0.225 e. The summed E-state index contributed by atoms with van der Waals surface area (Å²) >= 11 is 0. The molecule has 0 radical (unpaired) electrons. The van der Waals surface area contributed by atoms with E-state index in [2.05, 4.69) is 0 Å². The van der Waals surface area contributed by atoms with E-state index >= 15 is 0 Å². The van der Waals surface area contributed by atoms with Crippen LogP contribution < -0.4 is 0 Å². The van der Waals surface area contributed by atoms with Crippen molar-refractivity contribution in [1.82, 2.24) is 0 Å². The highest BCUT2D eigenvalue weighted by atomic mass is 16.2. The van der Waals surface area contributed by atoms with Gasteiger partial charge in [0.25, 0.3) is 0 Å². The second kappa shape index (κ2) is 4.19. The molecule has 2 aliphatic carbocycles. The van der Waals surface area contributed by atoms with E-state index in [1.807, 2.05) is 6.08 Å². The van der Waals surface area contributed by atoms with Crippen molar-refractivity contribution in [2.24, 2.45) is 11.8 Å². The van der Waals surface area contributed by atoms with Crippen LogP contribution in [0.2, 0.25) is 0 Å². The van der Waals surface area contributed by atoms with Crippen LogP contribution in [0.3, 0.4) is 0 Å². The molecule has 17 heavy (non-hydrogen) atoms. The maximum absolute atomic E-state index is 11.8. The molecule has 4 heteroatoms. The molecule has 0 saturated heterocycles. The summed E-state index contributed by atoms with van der Waals surface area (Å²) in [5.74, 6) is -1.88. The van der Waals surface area contributed by atoms with E-state index < -0.39 is 17.5 Å². The fourth-order valence-electron chi connectivity index (χ4n) is 2.18. The Hall–Kier alpha value is -2.46. The predicted molar refractivity (Wildman–Crippen MR) is 58.1 cm³/mol. The molecule has 2 rings (SSSR count). The van der Waals surface area contributed by atoms with E-state index in [9.17, 15) is 9.59 Å². The number of carbonyl (C=O) groups excluding carboxylic acids is 2. The summed E-state index contributed by atoms with van der Waals surface area (Å²) in [5.41, 5.74) is 0.376. The van der Waals surface area contributed by atoms with Crippen LogP contribution >= 0.6 is 0 Å². The van der Waals surface area contributed by atoms with Crippen LogP contribution in [-0.2, 0) is 9.59 Å². The topological polar surface area (TPSA) is 81.7 Å². The lowest BCUT2D eigenvalue weighted by molar-refractivity contribution is -0.133. The Morgan fingerprint density at radius 1 is 1.35 bits per heavy atom. The standard InChI is InChI=1S/C13H8N2O2/c14-6-8(7-15)5-11-9-3-1-2-4-10(9)12(16)13(11)17/h1-2,4-5,9,11H,3H2. The lowest BCUT2D eigenvalue weighted by Gasteiger charge is -2.15. The van der Waals surface area contributed by atoms with Crippen molar-refractivity contribution in [3.05, 3.63) is 35.5 Å². The van der Waals surface area contributed by atoms with Crippen molar-refractivity contribution in [1.29, 1.82) is 10.5 Å². The van der Waals surface area contributed by atoms with Crippen LogP contribution in [0.1, 0.15) is 6.42 Å². The molecule has 0 N–H and O–H groups in total. The number of ketones is 2. The van der Waals surface area contributed by atoms with Gasteiger partial charge in [-0.15, -0.1) is 0 Å². The average molecular weight is 224 g/mol. The predicted octanol–water partition coefficient (Wildman–Crippen LogP) is 1.23. The number of carbonyl (C=O) groups is 2. The molecule has 4 nitrogen and oxygen atoms in total. The first-order valence-electron chi connectivity index (χ1n) is 5.16. The van der Waals surface area contributed by atoms with Gasteiger partial charge in [0.1, 0.15) is 17.7 Å². The summed E-state index contributed by atoms with van der Waals surface area (Å²) in [5, 5.41) is 17.3. The lowest BCUT2D eigenvalue weighted by atomic mass is 9.86. The number of allylic oxidation sites excluding steroid dienone is 6. The van der Waals surface area contributed by atoms with Crippen LogP contribution in [0.5, 0.6) is 0 Å². The monoisotopic (exact) mass is 224 g/mol. The third-order valence-corrected chi connectivity index (χ3v) is 3.01. The Bertz CT molecular complexity index is 551. The van der Waals surface area contributed by atoms with Crippen LogP contribution in [0.25, 0.3) is 0 Å². The molecule has 0 aromatic heterocycles. The van der Waals surface area contributed by atoms with E-state index in [1.165, 1.54) is 6.08 Å². The molecule has 0 aliphatic heterocycles. The quantitative estimate of drug-likeness (QED) is 0.495. The zero-order valence-corrected chi connectivity index (χ0v) is 8.88. The third kappa shape index (κ3) is 1.70. The van der Waals surface area contributed by atoms with Gasteiger partial charge in [-0.05, 0) is 12.5 Å². The minimum absolute atomic E-state index is 0.119. The molecule has 1 fully saturated rings. The molecular weight excluding hydrogens is 216 g/mol. The average Bonchev–Trinajstić information content (AvgIpc) is 2.61. The van der Waals surface area contributed by atoms with Gasteiger partial charge in [-0.1, -0.05) is 18.2 Å². The van der Waals surface area contributed by atoms with E-state index in [1.54, 1.807) is 24.3 Å². The van der Waals surface area contributed by atoms with Crippen LogP contribution in [0.15, 0.2) is 35.5 Å².